The number of carbonyl (C=O) groups is 2. The maximum absolute atomic E-state index is 12.7. The molecule has 2 heterocycles. The SMILES string of the molecule is O=C(C[C@@H]1C(=O)NCCN1CC(c1ccccc1)c1ccccc1)NCc1ccco1. The summed E-state index contributed by atoms with van der Waals surface area (Å²) in [6, 6.07) is 23.7. The number of piperazine rings is 1. The minimum atomic E-state index is -0.500. The van der Waals surface area contributed by atoms with E-state index in [2.05, 4.69) is 39.8 Å². The van der Waals surface area contributed by atoms with Crippen LogP contribution in [0.15, 0.2) is 83.5 Å². The van der Waals surface area contributed by atoms with Gasteiger partial charge in [-0.1, -0.05) is 60.7 Å². The highest BCUT2D eigenvalue weighted by Gasteiger charge is 2.33. The third kappa shape index (κ3) is 5.41. The zero-order chi connectivity index (χ0) is 21.5. The normalized spacial score (nSPS) is 16.8. The second kappa shape index (κ2) is 10.1. The highest BCUT2D eigenvalue weighted by molar-refractivity contribution is 5.88. The summed E-state index contributed by atoms with van der Waals surface area (Å²) in [5, 5.41) is 5.76. The Hall–Kier alpha value is -3.38. The molecule has 1 aromatic heterocycles. The van der Waals surface area contributed by atoms with Gasteiger partial charge in [-0.05, 0) is 23.3 Å². The van der Waals surface area contributed by atoms with Gasteiger partial charge in [-0.25, -0.2) is 0 Å². The Morgan fingerprint density at radius 1 is 1.03 bits per heavy atom. The largest absolute Gasteiger partial charge is 0.467 e. The summed E-state index contributed by atoms with van der Waals surface area (Å²) in [7, 11) is 0. The molecule has 0 radical (unpaired) electrons. The molecule has 2 aromatic carbocycles. The van der Waals surface area contributed by atoms with E-state index in [1.165, 1.54) is 11.1 Å². The second-order valence-electron chi connectivity index (χ2n) is 7.74. The Balaban J connectivity index is 1.49. The van der Waals surface area contributed by atoms with Crippen LogP contribution in [0.2, 0.25) is 0 Å². The zero-order valence-corrected chi connectivity index (χ0v) is 17.4. The van der Waals surface area contributed by atoms with Crippen molar-refractivity contribution in [3.63, 3.8) is 0 Å². The van der Waals surface area contributed by atoms with Gasteiger partial charge in [0.25, 0.3) is 0 Å². The standard InChI is InChI=1S/C25H27N3O3/c29-24(27-17-21-12-7-15-31-21)16-23-25(30)26-13-14-28(23)18-22(19-8-3-1-4-9-19)20-10-5-2-6-11-20/h1-12,15,22-23H,13-14,16-18H2,(H,26,30)(H,27,29)/t23-/m1/s1. The Morgan fingerprint density at radius 2 is 1.71 bits per heavy atom. The molecule has 1 saturated heterocycles. The summed E-state index contributed by atoms with van der Waals surface area (Å²) in [5.41, 5.74) is 2.39. The van der Waals surface area contributed by atoms with E-state index in [-0.39, 0.29) is 24.2 Å². The summed E-state index contributed by atoms with van der Waals surface area (Å²) in [6.45, 7) is 2.27. The van der Waals surface area contributed by atoms with Gasteiger partial charge in [0.1, 0.15) is 5.76 Å². The first-order valence-corrected chi connectivity index (χ1v) is 10.6. The van der Waals surface area contributed by atoms with Crippen LogP contribution in [0, 0.1) is 0 Å². The van der Waals surface area contributed by atoms with Crippen molar-refractivity contribution in [2.75, 3.05) is 19.6 Å². The van der Waals surface area contributed by atoms with E-state index >= 15 is 0 Å². The van der Waals surface area contributed by atoms with Gasteiger partial charge in [0, 0.05) is 25.6 Å². The van der Waals surface area contributed by atoms with E-state index in [4.69, 9.17) is 4.42 Å². The second-order valence-corrected chi connectivity index (χ2v) is 7.74. The first-order valence-electron chi connectivity index (χ1n) is 10.6. The van der Waals surface area contributed by atoms with Gasteiger partial charge in [0.2, 0.25) is 11.8 Å². The molecule has 0 saturated carbocycles. The molecule has 2 amide bonds. The van der Waals surface area contributed by atoms with E-state index in [9.17, 15) is 9.59 Å². The van der Waals surface area contributed by atoms with Crippen LogP contribution in [-0.2, 0) is 16.1 Å². The van der Waals surface area contributed by atoms with Crippen LogP contribution in [0.3, 0.4) is 0 Å². The van der Waals surface area contributed by atoms with E-state index < -0.39 is 6.04 Å². The van der Waals surface area contributed by atoms with Crippen LogP contribution in [-0.4, -0.2) is 42.4 Å². The molecule has 0 unspecified atom stereocenters. The molecule has 3 aromatic rings. The van der Waals surface area contributed by atoms with E-state index in [0.717, 1.165) is 0 Å². The van der Waals surface area contributed by atoms with Crippen molar-refractivity contribution in [2.45, 2.75) is 24.9 Å². The van der Waals surface area contributed by atoms with Crippen molar-refractivity contribution in [1.82, 2.24) is 15.5 Å². The molecule has 4 rings (SSSR count). The van der Waals surface area contributed by atoms with Gasteiger partial charge in [-0.3, -0.25) is 14.5 Å². The number of furan rings is 1. The van der Waals surface area contributed by atoms with E-state index in [1.54, 1.807) is 12.3 Å². The number of nitrogens with zero attached hydrogens (tertiary/aromatic N) is 1. The molecule has 1 atom stereocenters. The molecule has 2 N–H and O–H groups in total. The number of amides is 2. The van der Waals surface area contributed by atoms with Crippen LogP contribution < -0.4 is 10.6 Å². The lowest BCUT2D eigenvalue weighted by Crippen LogP contribution is -2.57. The average Bonchev–Trinajstić information content (AvgIpc) is 3.33. The molecule has 6 nitrogen and oxygen atoms in total. The Labute approximate surface area is 182 Å². The highest BCUT2D eigenvalue weighted by Crippen LogP contribution is 2.27. The van der Waals surface area contributed by atoms with Crippen LogP contribution in [0.25, 0.3) is 0 Å². The lowest BCUT2D eigenvalue weighted by atomic mass is 9.90. The first-order chi connectivity index (χ1) is 15.2. The lowest BCUT2D eigenvalue weighted by molar-refractivity contribution is -0.134. The molecule has 31 heavy (non-hydrogen) atoms. The van der Waals surface area contributed by atoms with Crippen molar-refractivity contribution in [2.24, 2.45) is 0 Å². The lowest BCUT2D eigenvalue weighted by Gasteiger charge is -2.37. The summed E-state index contributed by atoms with van der Waals surface area (Å²) in [5.74, 6) is 0.534. The van der Waals surface area contributed by atoms with Crippen molar-refractivity contribution in [3.05, 3.63) is 95.9 Å². The molecule has 1 aliphatic rings. The Bertz CT molecular complexity index is 934. The fraction of sp³-hybridized carbons (Fsp3) is 0.280. The summed E-state index contributed by atoms with van der Waals surface area (Å²) < 4.78 is 5.26. The van der Waals surface area contributed by atoms with Crippen LogP contribution in [0.4, 0.5) is 0 Å². The first kappa shape index (κ1) is 20.9. The molecular weight excluding hydrogens is 390 g/mol. The van der Waals surface area contributed by atoms with Gasteiger partial charge >= 0.3 is 0 Å². The molecule has 1 aliphatic heterocycles. The van der Waals surface area contributed by atoms with E-state index in [1.807, 2.05) is 42.5 Å². The zero-order valence-electron chi connectivity index (χ0n) is 17.4. The summed E-state index contributed by atoms with van der Waals surface area (Å²) in [4.78, 5) is 27.4. The number of carbonyl (C=O) groups excluding carboxylic acids is 2. The smallest absolute Gasteiger partial charge is 0.237 e. The third-order valence-electron chi connectivity index (χ3n) is 5.68. The third-order valence-corrected chi connectivity index (χ3v) is 5.68. The number of benzene rings is 2. The van der Waals surface area contributed by atoms with Crippen molar-refractivity contribution in [1.29, 1.82) is 0 Å². The minimum absolute atomic E-state index is 0.0979. The Kier molecular flexibility index (Phi) is 6.79. The van der Waals surface area contributed by atoms with Gasteiger partial charge < -0.3 is 15.1 Å². The van der Waals surface area contributed by atoms with Gasteiger partial charge in [-0.15, -0.1) is 0 Å². The number of nitrogens with one attached hydrogen (secondary N) is 2. The molecule has 0 aliphatic carbocycles. The van der Waals surface area contributed by atoms with Crippen molar-refractivity contribution in [3.8, 4) is 0 Å². The predicted octanol–water partition coefficient (Wildman–Crippen LogP) is 2.92. The maximum Gasteiger partial charge on any atom is 0.237 e. The molecule has 0 bridgehead atoms. The quantitative estimate of drug-likeness (QED) is 0.591. The minimum Gasteiger partial charge on any atom is -0.467 e. The fourth-order valence-electron chi connectivity index (χ4n) is 4.06. The predicted molar refractivity (Wildman–Crippen MR) is 118 cm³/mol. The molecule has 0 spiro atoms. The fourth-order valence-corrected chi connectivity index (χ4v) is 4.06. The van der Waals surface area contributed by atoms with Gasteiger partial charge in [-0.2, -0.15) is 0 Å². The van der Waals surface area contributed by atoms with E-state index in [0.29, 0.717) is 31.9 Å². The maximum atomic E-state index is 12.7. The number of hydrogen-bond donors (Lipinski definition) is 2. The van der Waals surface area contributed by atoms with Gasteiger partial charge in [0.05, 0.1) is 25.3 Å². The topological polar surface area (TPSA) is 74.6 Å². The van der Waals surface area contributed by atoms with Crippen LogP contribution in [0.1, 0.15) is 29.2 Å². The monoisotopic (exact) mass is 417 g/mol. The molecule has 160 valence electrons. The van der Waals surface area contributed by atoms with Gasteiger partial charge in [0.15, 0.2) is 0 Å². The molecule has 1 fully saturated rings. The number of hydrogen-bond acceptors (Lipinski definition) is 4. The summed E-state index contributed by atoms with van der Waals surface area (Å²) >= 11 is 0. The van der Waals surface area contributed by atoms with Crippen molar-refractivity contribution < 1.29 is 14.0 Å². The molecule has 6 heteroatoms. The summed E-state index contributed by atoms with van der Waals surface area (Å²) in [6.07, 6.45) is 1.69. The average molecular weight is 418 g/mol. The van der Waals surface area contributed by atoms with Crippen LogP contribution >= 0.6 is 0 Å². The Morgan fingerprint density at radius 3 is 2.32 bits per heavy atom. The van der Waals surface area contributed by atoms with Crippen molar-refractivity contribution >= 4 is 11.8 Å². The highest BCUT2D eigenvalue weighted by atomic mass is 16.3. The molecular formula is C25H27N3O3. The number of rotatable bonds is 8. The van der Waals surface area contributed by atoms with Crippen LogP contribution in [0.5, 0.6) is 0 Å².